The molecule has 6 rings (SSSR count). The average Bonchev–Trinajstić information content (AvgIpc) is 2.99. The van der Waals surface area contributed by atoms with Gasteiger partial charge >= 0.3 is 0 Å². The van der Waals surface area contributed by atoms with Crippen LogP contribution < -0.4 is 4.90 Å². The maximum Gasteiger partial charge on any atom is 0.0462 e. The number of hydrogen-bond donors (Lipinski definition) is 0. The monoisotopic (exact) mass is 487 g/mol. The van der Waals surface area contributed by atoms with Gasteiger partial charge in [0.25, 0.3) is 0 Å². The van der Waals surface area contributed by atoms with Crippen molar-refractivity contribution in [1.82, 2.24) is 0 Å². The molecule has 6 aromatic rings. The fourth-order valence-electron chi connectivity index (χ4n) is 4.94. The first-order chi connectivity index (χ1) is 18.7. The fourth-order valence-corrected chi connectivity index (χ4v) is 4.94. The molecule has 1 heteroatoms. The molecule has 0 N–H and O–H groups in total. The molecule has 0 bridgehead atoms. The third-order valence-corrected chi connectivity index (χ3v) is 6.94. The lowest BCUT2D eigenvalue weighted by molar-refractivity contribution is 1.28. The van der Waals surface area contributed by atoms with Crippen LogP contribution in [0.3, 0.4) is 0 Å². The van der Waals surface area contributed by atoms with Crippen LogP contribution in [0.5, 0.6) is 0 Å². The molecular formula is C37H29N. The third kappa shape index (κ3) is 5.00. The van der Waals surface area contributed by atoms with Crippen molar-refractivity contribution in [2.24, 2.45) is 0 Å². The van der Waals surface area contributed by atoms with E-state index in [2.05, 4.69) is 170 Å². The quantitative estimate of drug-likeness (QED) is 0.226. The fraction of sp³-hybridized carbons (Fsp3) is 0.0270. The van der Waals surface area contributed by atoms with E-state index in [4.69, 9.17) is 0 Å². The Morgan fingerprint density at radius 3 is 1.05 bits per heavy atom. The molecule has 6 aromatic carbocycles. The molecule has 182 valence electrons. The van der Waals surface area contributed by atoms with Crippen LogP contribution >= 0.6 is 0 Å². The van der Waals surface area contributed by atoms with E-state index in [1.54, 1.807) is 0 Å². The SMILES string of the molecule is Cc1cccc(-c2ccc(N(c3ccc(-c4ccccc4)cc3)c3ccc(-c4ccccc4)cc3)cc2)c1. The van der Waals surface area contributed by atoms with Crippen molar-refractivity contribution in [2.75, 3.05) is 4.90 Å². The third-order valence-electron chi connectivity index (χ3n) is 6.94. The van der Waals surface area contributed by atoms with Crippen molar-refractivity contribution >= 4 is 17.1 Å². The van der Waals surface area contributed by atoms with Gasteiger partial charge < -0.3 is 4.90 Å². The van der Waals surface area contributed by atoms with Crippen LogP contribution in [-0.4, -0.2) is 0 Å². The smallest absolute Gasteiger partial charge is 0.0462 e. The highest BCUT2D eigenvalue weighted by Gasteiger charge is 2.13. The van der Waals surface area contributed by atoms with Crippen molar-refractivity contribution in [2.45, 2.75) is 6.92 Å². The molecule has 1 nitrogen and oxygen atoms in total. The largest absolute Gasteiger partial charge is 0.311 e. The Morgan fingerprint density at radius 1 is 0.316 bits per heavy atom. The van der Waals surface area contributed by atoms with Gasteiger partial charge in [0.15, 0.2) is 0 Å². The van der Waals surface area contributed by atoms with Crippen LogP contribution in [0.1, 0.15) is 5.56 Å². The van der Waals surface area contributed by atoms with Gasteiger partial charge in [-0.1, -0.05) is 127 Å². The summed E-state index contributed by atoms with van der Waals surface area (Å²) in [6, 6.07) is 56.2. The predicted octanol–water partition coefficient (Wildman–Crippen LogP) is 10.5. The van der Waals surface area contributed by atoms with E-state index in [1.807, 2.05) is 0 Å². The Labute approximate surface area is 225 Å². The maximum atomic E-state index is 2.32. The van der Waals surface area contributed by atoms with E-state index in [1.165, 1.54) is 38.9 Å². The molecule has 0 radical (unpaired) electrons. The van der Waals surface area contributed by atoms with Crippen LogP contribution in [0.4, 0.5) is 17.1 Å². The molecule has 0 fully saturated rings. The summed E-state index contributed by atoms with van der Waals surface area (Å²) in [6.07, 6.45) is 0. The molecule has 0 aliphatic carbocycles. The summed E-state index contributed by atoms with van der Waals surface area (Å²) >= 11 is 0. The zero-order chi connectivity index (χ0) is 25.7. The Kier molecular flexibility index (Phi) is 6.57. The Morgan fingerprint density at radius 2 is 0.658 bits per heavy atom. The van der Waals surface area contributed by atoms with Crippen LogP contribution in [0.15, 0.2) is 158 Å². The minimum Gasteiger partial charge on any atom is -0.311 e. The van der Waals surface area contributed by atoms with Gasteiger partial charge in [-0.05, 0) is 76.7 Å². The van der Waals surface area contributed by atoms with Gasteiger partial charge in [0.2, 0.25) is 0 Å². The van der Waals surface area contributed by atoms with Crippen LogP contribution in [0.25, 0.3) is 33.4 Å². The van der Waals surface area contributed by atoms with Crippen molar-refractivity contribution in [3.63, 3.8) is 0 Å². The Bertz CT molecular complexity index is 1530. The van der Waals surface area contributed by atoms with Crippen molar-refractivity contribution in [3.8, 4) is 33.4 Å². The molecular weight excluding hydrogens is 458 g/mol. The highest BCUT2D eigenvalue weighted by molar-refractivity contribution is 5.81. The van der Waals surface area contributed by atoms with E-state index < -0.39 is 0 Å². The number of anilines is 3. The Balaban J connectivity index is 1.38. The van der Waals surface area contributed by atoms with Gasteiger partial charge in [-0.2, -0.15) is 0 Å². The van der Waals surface area contributed by atoms with E-state index in [-0.39, 0.29) is 0 Å². The van der Waals surface area contributed by atoms with E-state index in [9.17, 15) is 0 Å². The first kappa shape index (κ1) is 23.5. The van der Waals surface area contributed by atoms with Gasteiger partial charge in [0.05, 0.1) is 0 Å². The lowest BCUT2D eigenvalue weighted by Crippen LogP contribution is -2.09. The summed E-state index contributed by atoms with van der Waals surface area (Å²) in [5, 5.41) is 0. The lowest BCUT2D eigenvalue weighted by Gasteiger charge is -2.26. The summed E-state index contributed by atoms with van der Waals surface area (Å²) in [6.45, 7) is 2.14. The van der Waals surface area contributed by atoms with E-state index in [0.29, 0.717) is 0 Å². The molecule has 0 spiro atoms. The molecule has 38 heavy (non-hydrogen) atoms. The van der Waals surface area contributed by atoms with Gasteiger partial charge in [0, 0.05) is 17.1 Å². The highest BCUT2D eigenvalue weighted by Crippen LogP contribution is 2.37. The normalized spacial score (nSPS) is 10.8. The van der Waals surface area contributed by atoms with Crippen LogP contribution in [0, 0.1) is 6.92 Å². The van der Waals surface area contributed by atoms with E-state index in [0.717, 1.165) is 17.1 Å². The number of rotatable bonds is 6. The number of benzene rings is 6. The maximum absolute atomic E-state index is 2.32. The standard InChI is InChI=1S/C37H29N/c1-28-9-8-14-34(27-28)33-19-25-37(26-20-33)38(35-21-15-31(16-22-35)29-10-4-2-5-11-29)36-23-17-32(18-24-36)30-12-6-3-7-13-30/h2-27H,1H3. The average molecular weight is 488 g/mol. The summed E-state index contributed by atoms with van der Waals surface area (Å²) < 4.78 is 0. The van der Waals surface area contributed by atoms with Crippen LogP contribution in [-0.2, 0) is 0 Å². The predicted molar refractivity (Wildman–Crippen MR) is 162 cm³/mol. The second-order valence-electron chi connectivity index (χ2n) is 9.58. The highest BCUT2D eigenvalue weighted by atomic mass is 15.1. The lowest BCUT2D eigenvalue weighted by atomic mass is 10.0. The van der Waals surface area contributed by atoms with Gasteiger partial charge in [-0.25, -0.2) is 0 Å². The second-order valence-corrected chi connectivity index (χ2v) is 9.58. The molecule has 0 unspecified atom stereocenters. The van der Waals surface area contributed by atoms with Gasteiger partial charge in [0.1, 0.15) is 0 Å². The topological polar surface area (TPSA) is 3.24 Å². The van der Waals surface area contributed by atoms with E-state index >= 15 is 0 Å². The van der Waals surface area contributed by atoms with Gasteiger partial charge in [-0.15, -0.1) is 0 Å². The zero-order valence-corrected chi connectivity index (χ0v) is 21.5. The van der Waals surface area contributed by atoms with Crippen molar-refractivity contribution < 1.29 is 0 Å². The van der Waals surface area contributed by atoms with Crippen molar-refractivity contribution in [3.05, 3.63) is 163 Å². The molecule has 0 atom stereocenters. The van der Waals surface area contributed by atoms with Crippen molar-refractivity contribution in [1.29, 1.82) is 0 Å². The summed E-state index contributed by atoms with van der Waals surface area (Å²) in [7, 11) is 0. The molecule has 0 aliphatic heterocycles. The summed E-state index contributed by atoms with van der Waals surface area (Å²) in [4.78, 5) is 2.32. The molecule has 0 amide bonds. The minimum atomic E-state index is 1.13. The number of hydrogen-bond acceptors (Lipinski definition) is 1. The summed E-state index contributed by atoms with van der Waals surface area (Å²) in [5.41, 5.74) is 12.0. The number of aryl methyl sites for hydroxylation is 1. The first-order valence-corrected chi connectivity index (χ1v) is 13.0. The molecule has 0 aromatic heterocycles. The molecule has 0 heterocycles. The first-order valence-electron chi connectivity index (χ1n) is 13.0. The molecule has 0 saturated heterocycles. The second kappa shape index (κ2) is 10.6. The zero-order valence-electron chi connectivity index (χ0n) is 21.5. The molecule has 0 saturated carbocycles. The van der Waals surface area contributed by atoms with Crippen LogP contribution in [0.2, 0.25) is 0 Å². The minimum absolute atomic E-state index is 1.13. The number of nitrogens with zero attached hydrogens (tertiary/aromatic N) is 1. The Hall–Kier alpha value is -4.88. The summed E-state index contributed by atoms with van der Waals surface area (Å²) in [5.74, 6) is 0. The molecule has 0 aliphatic rings. The van der Waals surface area contributed by atoms with Gasteiger partial charge in [-0.3, -0.25) is 0 Å².